The molecular weight excluding hydrogens is 114 g/mol. The minimum absolute atomic E-state index is 0.0903. The van der Waals surface area contributed by atoms with Crippen LogP contribution in [0.15, 0.2) is 0 Å². The van der Waals surface area contributed by atoms with Gasteiger partial charge in [0, 0.05) is 0 Å². The highest BCUT2D eigenvalue weighted by atomic mass is 16.7. The van der Waals surface area contributed by atoms with Gasteiger partial charge in [0.25, 0.3) is 0 Å². The third-order valence-corrected chi connectivity index (χ3v) is 1.74. The number of rotatable bonds is 0. The van der Waals surface area contributed by atoms with Crippen molar-refractivity contribution in [3.8, 4) is 0 Å². The molecule has 0 aromatic heterocycles. The van der Waals surface area contributed by atoms with E-state index in [1.165, 1.54) is 0 Å². The molecular formula is C5H10B2O2. The Morgan fingerprint density at radius 1 is 1.56 bits per heavy atom. The molecule has 2 radical (unpaired) electrons. The van der Waals surface area contributed by atoms with Crippen molar-refractivity contribution in [3.63, 3.8) is 0 Å². The molecule has 0 spiro atoms. The van der Waals surface area contributed by atoms with Gasteiger partial charge < -0.3 is 9.31 Å². The van der Waals surface area contributed by atoms with Crippen LogP contribution in [0.5, 0.6) is 0 Å². The predicted octanol–water partition coefficient (Wildman–Crippen LogP) is 0.354. The van der Waals surface area contributed by atoms with E-state index in [1.807, 2.05) is 20.8 Å². The third-order valence-electron chi connectivity index (χ3n) is 1.74. The highest BCUT2D eigenvalue weighted by molar-refractivity contribution is 6.95. The second kappa shape index (κ2) is 2.03. The molecule has 0 amide bonds. The lowest BCUT2D eigenvalue weighted by Crippen LogP contribution is -2.30. The van der Waals surface area contributed by atoms with E-state index in [4.69, 9.17) is 17.0 Å². The first-order chi connectivity index (χ1) is 4.02. The van der Waals surface area contributed by atoms with E-state index < -0.39 is 7.01 Å². The van der Waals surface area contributed by atoms with Crippen molar-refractivity contribution in [2.45, 2.75) is 32.5 Å². The highest BCUT2D eigenvalue weighted by Gasteiger charge is 2.38. The summed E-state index contributed by atoms with van der Waals surface area (Å²) in [6, 6.07) is 0. The maximum atomic E-state index is 5.36. The zero-order chi connectivity index (χ0) is 7.07. The van der Waals surface area contributed by atoms with Crippen LogP contribution in [-0.2, 0) is 9.31 Å². The van der Waals surface area contributed by atoms with Crippen LogP contribution in [0.3, 0.4) is 0 Å². The summed E-state index contributed by atoms with van der Waals surface area (Å²) in [7, 11) is 4.82. The van der Waals surface area contributed by atoms with Crippen molar-refractivity contribution >= 4 is 14.7 Å². The zero-order valence-electron chi connectivity index (χ0n) is 6.05. The van der Waals surface area contributed by atoms with Gasteiger partial charge in [0.2, 0.25) is 0 Å². The summed E-state index contributed by atoms with van der Waals surface area (Å²) in [6.45, 7) is 5.88. The van der Waals surface area contributed by atoms with Crippen molar-refractivity contribution in [3.05, 3.63) is 0 Å². The van der Waals surface area contributed by atoms with Gasteiger partial charge in [-0.15, -0.1) is 0 Å². The Kier molecular flexibility index (Phi) is 1.61. The number of hydrogen-bond acceptors (Lipinski definition) is 2. The van der Waals surface area contributed by atoms with Crippen LogP contribution in [0.1, 0.15) is 20.8 Å². The summed E-state index contributed by atoms with van der Waals surface area (Å²) in [5.41, 5.74) is -0.223. The standard InChI is InChI=1S/C5H10B2O2/c1-4-5(2,3)9-7(6)8-4/h4H,1-3H3. The van der Waals surface area contributed by atoms with Gasteiger partial charge in [-0.2, -0.15) is 0 Å². The van der Waals surface area contributed by atoms with E-state index in [1.54, 1.807) is 0 Å². The van der Waals surface area contributed by atoms with Crippen LogP contribution in [0.2, 0.25) is 0 Å². The van der Waals surface area contributed by atoms with Crippen LogP contribution < -0.4 is 0 Å². The molecule has 1 saturated heterocycles. The van der Waals surface area contributed by atoms with E-state index in [9.17, 15) is 0 Å². The molecule has 1 aliphatic heterocycles. The molecule has 1 fully saturated rings. The first-order valence-corrected chi connectivity index (χ1v) is 3.11. The van der Waals surface area contributed by atoms with Crippen molar-refractivity contribution in [2.75, 3.05) is 0 Å². The maximum absolute atomic E-state index is 5.36. The topological polar surface area (TPSA) is 18.5 Å². The summed E-state index contributed by atoms with van der Waals surface area (Å²) in [5, 5.41) is 0. The summed E-state index contributed by atoms with van der Waals surface area (Å²) < 4.78 is 10.3. The Morgan fingerprint density at radius 3 is 2.22 bits per heavy atom. The van der Waals surface area contributed by atoms with Gasteiger partial charge in [-0.05, 0) is 20.8 Å². The smallest absolute Gasteiger partial charge is 0.387 e. The van der Waals surface area contributed by atoms with Gasteiger partial charge in [0.15, 0.2) is 0 Å². The fraction of sp³-hybridized carbons (Fsp3) is 1.00. The van der Waals surface area contributed by atoms with E-state index in [-0.39, 0.29) is 11.7 Å². The molecule has 0 aliphatic carbocycles. The van der Waals surface area contributed by atoms with Gasteiger partial charge in [-0.3, -0.25) is 0 Å². The van der Waals surface area contributed by atoms with Crippen LogP contribution in [-0.4, -0.2) is 26.5 Å². The maximum Gasteiger partial charge on any atom is 0.387 e. The fourth-order valence-electron chi connectivity index (χ4n) is 0.788. The molecule has 0 aromatic carbocycles. The minimum Gasteiger partial charge on any atom is -0.413 e. The lowest BCUT2D eigenvalue weighted by Gasteiger charge is -2.21. The summed E-state index contributed by atoms with van der Waals surface area (Å²) in [6.07, 6.45) is 0.0903. The summed E-state index contributed by atoms with van der Waals surface area (Å²) in [5.74, 6) is 0. The Hall–Kier alpha value is 0.0499. The van der Waals surface area contributed by atoms with E-state index in [2.05, 4.69) is 0 Å². The molecule has 1 heterocycles. The molecule has 1 unspecified atom stereocenters. The lowest BCUT2D eigenvalue weighted by molar-refractivity contribution is 0.0844. The van der Waals surface area contributed by atoms with Gasteiger partial charge in [-0.1, -0.05) is 0 Å². The normalized spacial score (nSPS) is 33.2. The van der Waals surface area contributed by atoms with Crippen molar-refractivity contribution in [2.24, 2.45) is 0 Å². The van der Waals surface area contributed by atoms with Crippen molar-refractivity contribution in [1.29, 1.82) is 0 Å². The van der Waals surface area contributed by atoms with Crippen LogP contribution in [0.4, 0.5) is 0 Å². The first kappa shape index (κ1) is 7.16. The van der Waals surface area contributed by atoms with Gasteiger partial charge in [0.1, 0.15) is 7.74 Å². The number of hydrogen-bond donors (Lipinski definition) is 0. The largest absolute Gasteiger partial charge is 0.413 e. The van der Waals surface area contributed by atoms with E-state index in [0.717, 1.165) is 0 Å². The van der Waals surface area contributed by atoms with Gasteiger partial charge >= 0.3 is 7.01 Å². The van der Waals surface area contributed by atoms with Crippen LogP contribution in [0.25, 0.3) is 0 Å². The minimum atomic E-state index is -0.532. The summed E-state index contributed by atoms with van der Waals surface area (Å²) >= 11 is 0. The molecule has 9 heavy (non-hydrogen) atoms. The van der Waals surface area contributed by atoms with E-state index in [0.29, 0.717) is 0 Å². The third kappa shape index (κ3) is 1.30. The van der Waals surface area contributed by atoms with Gasteiger partial charge in [0.05, 0.1) is 11.7 Å². The molecule has 0 saturated carbocycles. The van der Waals surface area contributed by atoms with Crippen LogP contribution >= 0.6 is 0 Å². The Bertz CT molecular complexity index is 116. The van der Waals surface area contributed by atoms with E-state index >= 15 is 0 Å². The van der Waals surface area contributed by atoms with Gasteiger partial charge in [-0.25, -0.2) is 0 Å². The molecule has 1 atom stereocenters. The first-order valence-electron chi connectivity index (χ1n) is 3.11. The second-order valence-corrected chi connectivity index (χ2v) is 2.87. The van der Waals surface area contributed by atoms with Crippen molar-refractivity contribution < 1.29 is 9.31 Å². The Morgan fingerprint density at radius 2 is 2.11 bits per heavy atom. The highest BCUT2D eigenvalue weighted by Crippen LogP contribution is 2.25. The quantitative estimate of drug-likeness (QED) is 0.433. The second-order valence-electron chi connectivity index (χ2n) is 2.87. The molecule has 1 aliphatic rings. The molecule has 2 nitrogen and oxygen atoms in total. The predicted molar refractivity (Wildman–Crippen MR) is 37.2 cm³/mol. The molecule has 48 valence electrons. The SMILES string of the molecule is [B]B1OC(C)C(C)(C)O1. The van der Waals surface area contributed by atoms with Crippen LogP contribution in [0, 0.1) is 0 Å². The molecule has 0 bridgehead atoms. The summed E-state index contributed by atoms with van der Waals surface area (Å²) in [4.78, 5) is 0. The molecule has 0 aromatic rings. The molecule has 4 heteroatoms. The molecule has 0 N–H and O–H groups in total. The Labute approximate surface area is 57.4 Å². The lowest BCUT2D eigenvalue weighted by atomic mass is 9.63. The van der Waals surface area contributed by atoms with Crippen molar-refractivity contribution in [1.82, 2.24) is 0 Å². The monoisotopic (exact) mass is 124 g/mol. The zero-order valence-corrected chi connectivity index (χ0v) is 6.05. The Balaban J connectivity index is 2.58. The average molecular weight is 124 g/mol. The average Bonchev–Trinajstić information content (AvgIpc) is 1.79. The fourth-order valence-corrected chi connectivity index (χ4v) is 0.788. The molecule has 1 rings (SSSR count).